The largest absolute Gasteiger partial charge is 0.478 e. The van der Waals surface area contributed by atoms with Gasteiger partial charge in [-0.25, -0.2) is 9.78 Å². The molecule has 5 rings (SSSR count). The summed E-state index contributed by atoms with van der Waals surface area (Å²) in [5.74, 6) is -1.71. The first-order valence-electron chi connectivity index (χ1n) is 18.8. The monoisotopic (exact) mass is 706 g/mol. The second-order valence-electron chi connectivity index (χ2n) is 14.1. The van der Waals surface area contributed by atoms with E-state index in [2.05, 4.69) is 74.8 Å². The number of carbonyl (C=O) groups is 3. The summed E-state index contributed by atoms with van der Waals surface area (Å²) in [6.45, 7) is 19.5. The van der Waals surface area contributed by atoms with Crippen molar-refractivity contribution in [1.82, 2.24) is 30.6 Å². The topological polar surface area (TPSA) is 153 Å². The average molecular weight is 707 g/mol. The van der Waals surface area contributed by atoms with Crippen LogP contribution in [0, 0.1) is 13.8 Å². The number of carbonyl (C=O) groups excluding carboxylic acids is 2. The highest BCUT2D eigenvalue weighted by molar-refractivity contribution is 6.03. The number of aromatic carboxylic acids is 1. The molecule has 2 aliphatic heterocycles. The molecule has 0 saturated carbocycles. The van der Waals surface area contributed by atoms with E-state index >= 15 is 0 Å². The minimum Gasteiger partial charge on any atom is -0.478 e. The van der Waals surface area contributed by atoms with E-state index in [4.69, 9.17) is 9.97 Å². The number of aromatic amines is 2. The lowest BCUT2D eigenvalue weighted by molar-refractivity contribution is -0.121. The van der Waals surface area contributed by atoms with Gasteiger partial charge in [0.1, 0.15) is 0 Å². The van der Waals surface area contributed by atoms with Crippen molar-refractivity contribution in [2.45, 2.75) is 112 Å². The number of carboxylic acids is 1. The third kappa shape index (κ3) is 7.76. The van der Waals surface area contributed by atoms with Gasteiger partial charge in [0.2, 0.25) is 11.8 Å². The van der Waals surface area contributed by atoms with Gasteiger partial charge in [-0.3, -0.25) is 14.6 Å². The van der Waals surface area contributed by atoms with E-state index in [1.165, 1.54) is 0 Å². The Hall–Kier alpha value is -4.99. The summed E-state index contributed by atoms with van der Waals surface area (Å²) in [7, 11) is 0. The molecule has 0 saturated heterocycles. The number of nitrogens with zero attached hydrogens (tertiary/aromatic N) is 2. The van der Waals surface area contributed by atoms with Gasteiger partial charge in [-0.15, -0.1) is 0 Å². The Morgan fingerprint density at radius 3 is 2.17 bits per heavy atom. The summed E-state index contributed by atoms with van der Waals surface area (Å²) in [4.78, 5) is 57.1. The molecule has 3 aromatic rings. The Balaban J connectivity index is 1.89. The van der Waals surface area contributed by atoms with Gasteiger partial charge in [0.25, 0.3) is 0 Å². The molecular weight excluding hydrogens is 652 g/mol. The van der Waals surface area contributed by atoms with Crippen LogP contribution < -0.4 is 10.6 Å². The first kappa shape index (κ1) is 38.2. The fourth-order valence-corrected chi connectivity index (χ4v) is 7.50. The summed E-state index contributed by atoms with van der Waals surface area (Å²) >= 11 is 0. The van der Waals surface area contributed by atoms with Crippen LogP contribution in [0.25, 0.3) is 39.3 Å². The highest BCUT2D eigenvalue weighted by Gasteiger charge is 2.33. The number of rotatable bonds is 14. The Kier molecular flexibility index (Phi) is 12.2. The van der Waals surface area contributed by atoms with Crippen molar-refractivity contribution in [3.8, 4) is 0 Å². The van der Waals surface area contributed by atoms with Crippen LogP contribution in [0.3, 0.4) is 0 Å². The Morgan fingerprint density at radius 2 is 1.54 bits per heavy atom. The Labute approximate surface area is 306 Å². The van der Waals surface area contributed by atoms with Crippen LogP contribution in [0.5, 0.6) is 0 Å². The molecule has 52 heavy (non-hydrogen) atoms. The van der Waals surface area contributed by atoms with Gasteiger partial charge in [0, 0.05) is 64.7 Å². The summed E-state index contributed by atoms with van der Waals surface area (Å²) in [5, 5.41) is 16.8. The Bertz CT molecular complexity index is 2080. The van der Waals surface area contributed by atoms with Gasteiger partial charge in [0.05, 0.1) is 34.6 Å². The smallest absolute Gasteiger partial charge is 0.338 e. The number of allylic oxidation sites excluding steroid dienone is 2. The molecular formula is C42H54N6O4. The number of amides is 2. The van der Waals surface area contributed by atoms with Gasteiger partial charge in [-0.2, -0.15) is 0 Å². The van der Waals surface area contributed by atoms with E-state index in [9.17, 15) is 19.5 Å². The normalized spacial score (nSPS) is 15.5. The molecule has 0 spiro atoms. The number of hydrogen-bond acceptors (Lipinski definition) is 5. The maximum Gasteiger partial charge on any atom is 0.338 e. The lowest BCUT2D eigenvalue weighted by atomic mass is 9.84. The van der Waals surface area contributed by atoms with Crippen LogP contribution >= 0.6 is 0 Å². The van der Waals surface area contributed by atoms with Crippen molar-refractivity contribution in [3.63, 3.8) is 0 Å². The summed E-state index contributed by atoms with van der Waals surface area (Å²) in [6.07, 6.45) is 6.94. The molecule has 2 atom stereocenters. The molecule has 0 aromatic carbocycles. The van der Waals surface area contributed by atoms with Crippen LogP contribution in [0.2, 0.25) is 0 Å². The van der Waals surface area contributed by atoms with E-state index in [1.807, 2.05) is 18.2 Å². The molecule has 5 heterocycles. The average Bonchev–Trinajstić information content (AvgIpc) is 3.79. The highest BCUT2D eigenvalue weighted by Crippen LogP contribution is 2.43. The number of carboxylic acid groups (broad SMARTS) is 1. The number of aromatic nitrogens is 4. The number of nitrogens with one attached hydrogen (secondary N) is 4. The van der Waals surface area contributed by atoms with E-state index in [1.54, 1.807) is 6.92 Å². The van der Waals surface area contributed by atoms with E-state index in [-0.39, 0.29) is 42.1 Å². The second-order valence-corrected chi connectivity index (χ2v) is 14.1. The first-order chi connectivity index (χ1) is 24.9. The minimum absolute atomic E-state index is 0.0343. The number of fused-ring (bicyclic) bond motifs is 8. The van der Waals surface area contributed by atoms with Crippen LogP contribution in [0.4, 0.5) is 0 Å². The first-order valence-corrected chi connectivity index (χ1v) is 18.8. The van der Waals surface area contributed by atoms with Gasteiger partial charge in [-0.1, -0.05) is 53.2 Å². The van der Waals surface area contributed by atoms with E-state index in [0.29, 0.717) is 47.4 Å². The van der Waals surface area contributed by atoms with Crippen molar-refractivity contribution in [2.24, 2.45) is 0 Å². The SMILES string of the molecule is C=Cc1c(C)c2cc3nc(c(CC(=O)NCCCC)c4[nH]c(cc5nc(cc1[nH]2)C(C)=C5CC)c(C)c4C(=O)O)[C@@H](CCC(=O)NCCCC)[C@@H]3C. The standard InChI is InChI=1S/C42H54N6O4/c1-9-13-17-43-37(49)16-15-29-25(7)33-20-31-23(5)27(11-3)35(45-31)21-32-24(6)28(12-4)36(46-32)22-34-26(8)39(42(51)52)41(48-34)30(40(29)47-33)19-38(50)44-18-14-10-2/h11,20-22,25,29,45,48H,3,9-10,12-19H2,1-2,4-8H3,(H,43,49)(H,44,50)(H,51,52)/t25-,29-/m0/s1. The number of aryl methyl sites for hydroxylation is 2. The third-order valence-electron chi connectivity index (χ3n) is 10.7. The number of H-pyrrole nitrogens is 2. The van der Waals surface area contributed by atoms with Crippen LogP contribution in [-0.4, -0.2) is 55.9 Å². The van der Waals surface area contributed by atoms with Gasteiger partial charge < -0.3 is 25.7 Å². The van der Waals surface area contributed by atoms with Crippen molar-refractivity contribution in [1.29, 1.82) is 0 Å². The van der Waals surface area contributed by atoms with Crippen molar-refractivity contribution >= 4 is 57.1 Å². The molecule has 0 fully saturated rings. The molecule has 3 aromatic heterocycles. The highest BCUT2D eigenvalue weighted by atomic mass is 16.4. The fraction of sp³-hybridized carbons (Fsp3) is 0.452. The summed E-state index contributed by atoms with van der Waals surface area (Å²) in [5.41, 5.74) is 11.0. The lowest BCUT2D eigenvalue weighted by Crippen LogP contribution is -2.27. The number of hydrogen-bond donors (Lipinski definition) is 5. The van der Waals surface area contributed by atoms with Gasteiger partial charge >= 0.3 is 5.97 Å². The predicted octanol–water partition coefficient (Wildman–Crippen LogP) is 8.66. The molecule has 276 valence electrons. The molecule has 10 heteroatoms. The zero-order valence-electron chi connectivity index (χ0n) is 31.8. The van der Waals surface area contributed by atoms with Crippen molar-refractivity contribution < 1.29 is 19.5 Å². The zero-order valence-corrected chi connectivity index (χ0v) is 31.8. The predicted molar refractivity (Wildman–Crippen MR) is 210 cm³/mol. The maximum absolute atomic E-state index is 13.6. The quantitative estimate of drug-likeness (QED) is 0.106. The molecule has 10 nitrogen and oxygen atoms in total. The molecule has 0 aliphatic carbocycles. The van der Waals surface area contributed by atoms with E-state index < -0.39 is 5.97 Å². The van der Waals surface area contributed by atoms with E-state index in [0.717, 1.165) is 82.5 Å². The molecule has 0 radical (unpaired) electrons. The third-order valence-corrected chi connectivity index (χ3v) is 10.7. The van der Waals surface area contributed by atoms with Gasteiger partial charge in [-0.05, 0) is 86.9 Å². The zero-order chi connectivity index (χ0) is 37.7. The number of unbranched alkanes of at least 4 members (excludes halogenated alkanes) is 2. The molecule has 2 amide bonds. The van der Waals surface area contributed by atoms with Crippen molar-refractivity contribution in [3.05, 3.63) is 75.4 Å². The van der Waals surface area contributed by atoms with Crippen molar-refractivity contribution in [2.75, 3.05) is 13.1 Å². The van der Waals surface area contributed by atoms with Gasteiger partial charge in [0.15, 0.2) is 0 Å². The Morgan fingerprint density at radius 1 is 0.885 bits per heavy atom. The van der Waals surface area contributed by atoms with Crippen LogP contribution in [-0.2, 0) is 16.0 Å². The minimum atomic E-state index is -1.10. The molecule has 2 aliphatic rings. The molecule has 8 bridgehead atoms. The fourth-order valence-electron chi connectivity index (χ4n) is 7.50. The molecule has 5 N–H and O–H groups in total. The second kappa shape index (κ2) is 16.6. The van der Waals surface area contributed by atoms with Crippen LogP contribution in [0.1, 0.15) is 147 Å². The summed E-state index contributed by atoms with van der Waals surface area (Å²) in [6, 6.07) is 6.01. The van der Waals surface area contributed by atoms with Crippen LogP contribution in [0.15, 0.2) is 24.8 Å². The summed E-state index contributed by atoms with van der Waals surface area (Å²) < 4.78 is 0. The maximum atomic E-state index is 13.6. The molecule has 0 unspecified atom stereocenters. The lowest BCUT2D eigenvalue weighted by Gasteiger charge is -2.18.